The number of hydrogen-bond donors (Lipinski definition) is 2. The number of carbonyl (C=O) groups is 3. The second-order valence-corrected chi connectivity index (χ2v) is 5.03. The normalized spacial score (nSPS) is 10.2. The average Bonchev–Trinajstić information content (AvgIpc) is 3.03. The Kier molecular flexibility index (Phi) is 5.30. The van der Waals surface area contributed by atoms with Crippen LogP contribution in [0.15, 0.2) is 36.5 Å². The molecule has 1 heterocycles. The fourth-order valence-corrected chi connectivity index (χ4v) is 1.95. The third-order valence-corrected chi connectivity index (χ3v) is 3.29. The van der Waals surface area contributed by atoms with Crippen LogP contribution < -0.4 is 5.32 Å². The van der Waals surface area contributed by atoms with Gasteiger partial charge in [-0.05, 0) is 37.1 Å². The Labute approximate surface area is 133 Å². The molecule has 0 bridgehead atoms. The van der Waals surface area contributed by atoms with E-state index < -0.39 is 18.5 Å². The molecule has 2 N–H and O–H groups in total. The van der Waals surface area contributed by atoms with Crippen molar-refractivity contribution in [2.24, 2.45) is 0 Å². The first-order valence-electron chi connectivity index (χ1n) is 7.25. The van der Waals surface area contributed by atoms with Gasteiger partial charge in [0, 0.05) is 17.4 Å². The first-order valence-corrected chi connectivity index (χ1v) is 7.25. The number of rotatable bonds is 6. The van der Waals surface area contributed by atoms with Crippen molar-refractivity contribution < 1.29 is 19.1 Å². The van der Waals surface area contributed by atoms with Crippen LogP contribution in [0, 0.1) is 0 Å². The molecule has 0 saturated carbocycles. The van der Waals surface area contributed by atoms with E-state index in [4.69, 9.17) is 4.74 Å². The quantitative estimate of drug-likeness (QED) is 0.633. The van der Waals surface area contributed by atoms with Crippen molar-refractivity contribution in [2.45, 2.75) is 20.3 Å². The summed E-state index contributed by atoms with van der Waals surface area (Å²) < 4.78 is 4.91. The van der Waals surface area contributed by atoms with Gasteiger partial charge in [-0.15, -0.1) is 0 Å². The standard InChI is InChI=1S/C17H18N2O4/c1-3-12-4-6-14(7-5-12)19-16(21)10-23-17(22)15-8-13(9-18-15)11(2)20/h4-9,18H,3,10H2,1-2H3,(H,19,21). The smallest absolute Gasteiger partial charge is 0.355 e. The fraction of sp³-hybridized carbons (Fsp3) is 0.235. The van der Waals surface area contributed by atoms with Crippen molar-refractivity contribution in [1.29, 1.82) is 0 Å². The van der Waals surface area contributed by atoms with Crippen molar-refractivity contribution in [3.63, 3.8) is 0 Å². The van der Waals surface area contributed by atoms with Crippen molar-refractivity contribution in [3.8, 4) is 0 Å². The highest BCUT2D eigenvalue weighted by atomic mass is 16.5. The molecule has 0 aliphatic rings. The van der Waals surface area contributed by atoms with Crippen LogP contribution >= 0.6 is 0 Å². The summed E-state index contributed by atoms with van der Waals surface area (Å²) >= 11 is 0. The third kappa shape index (κ3) is 4.54. The van der Waals surface area contributed by atoms with Crippen molar-refractivity contribution >= 4 is 23.3 Å². The summed E-state index contributed by atoms with van der Waals surface area (Å²) in [5, 5.41) is 2.64. The minimum Gasteiger partial charge on any atom is -0.451 e. The Balaban J connectivity index is 1.85. The van der Waals surface area contributed by atoms with E-state index in [0.29, 0.717) is 11.3 Å². The fourth-order valence-electron chi connectivity index (χ4n) is 1.95. The van der Waals surface area contributed by atoms with E-state index >= 15 is 0 Å². The van der Waals surface area contributed by atoms with Crippen LogP contribution in [-0.2, 0) is 16.0 Å². The Morgan fingerprint density at radius 3 is 2.43 bits per heavy atom. The van der Waals surface area contributed by atoms with E-state index in [1.54, 1.807) is 12.1 Å². The molecule has 0 aliphatic carbocycles. The van der Waals surface area contributed by atoms with E-state index in [2.05, 4.69) is 10.3 Å². The highest BCUT2D eigenvalue weighted by molar-refractivity contribution is 5.98. The Morgan fingerprint density at radius 1 is 1.17 bits per heavy atom. The van der Waals surface area contributed by atoms with Gasteiger partial charge in [0.05, 0.1) is 0 Å². The van der Waals surface area contributed by atoms with E-state index in [1.165, 1.54) is 24.8 Å². The van der Waals surface area contributed by atoms with Crippen LogP contribution in [0.5, 0.6) is 0 Å². The zero-order chi connectivity index (χ0) is 16.8. The second kappa shape index (κ2) is 7.40. The molecule has 0 saturated heterocycles. The Hall–Kier alpha value is -2.89. The summed E-state index contributed by atoms with van der Waals surface area (Å²) in [5.41, 5.74) is 2.33. The number of aryl methyl sites for hydroxylation is 1. The van der Waals surface area contributed by atoms with Crippen LogP contribution in [-0.4, -0.2) is 29.3 Å². The predicted molar refractivity (Wildman–Crippen MR) is 85.5 cm³/mol. The van der Waals surface area contributed by atoms with Crippen LogP contribution in [0.2, 0.25) is 0 Å². The van der Waals surface area contributed by atoms with Gasteiger partial charge in [-0.2, -0.15) is 0 Å². The zero-order valence-corrected chi connectivity index (χ0v) is 13.0. The lowest BCUT2D eigenvalue weighted by Gasteiger charge is -2.06. The molecule has 0 atom stereocenters. The average molecular weight is 314 g/mol. The summed E-state index contributed by atoms with van der Waals surface area (Å²) in [5.74, 6) is -1.27. The number of esters is 1. The largest absolute Gasteiger partial charge is 0.451 e. The van der Waals surface area contributed by atoms with Gasteiger partial charge >= 0.3 is 5.97 Å². The maximum atomic E-state index is 11.8. The third-order valence-electron chi connectivity index (χ3n) is 3.29. The molecule has 23 heavy (non-hydrogen) atoms. The van der Waals surface area contributed by atoms with Crippen LogP contribution in [0.1, 0.15) is 40.3 Å². The number of anilines is 1. The number of carbonyl (C=O) groups excluding carboxylic acids is 3. The summed E-state index contributed by atoms with van der Waals surface area (Å²) in [6, 6.07) is 8.82. The highest BCUT2D eigenvalue weighted by Crippen LogP contribution is 2.10. The maximum Gasteiger partial charge on any atom is 0.355 e. The summed E-state index contributed by atoms with van der Waals surface area (Å²) in [6.45, 7) is 3.05. The minimum absolute atomic E-state index is 0.135. The molecule has 6 heteroatoms. The van der Waals surface area contributed by atoms with E-state index in [1.807, 2.05) is 19.1 Å². The lowest BCUT2D eigenvalue weighted by molar-refractivity contribution is -0.119. The van der Waals surface area contributed by atoms with Gasteiger partial charge in [0.1, 0.15) is 5.69 Å². The Morgan fingerprint density at radius 2 is 1.87 bits per heavy atom. The number of hydrogen-bond acceptors (Lipinski definition) is 4. The molecule has 1 amide bonds. The van der Waals surface area contributed by atoms with Gasteiger partial charge in [0.25, 0.3) is 5.91 Å². The number of H-pyrrole nitrogens is 1. The molecule has 2 aromatic rings. The minimum atomic E-state index is -0.686. The SMILES string of the molecule is CCc1ccc(NC(=O)COC(=O)c2cc(C(C)=O)c[nH]2)cc1. The van der Waals surface area contributed by atoms with Crippen molar-refractivity contribution in [3.05, 3.63) is 53.3 Å². The molecule has 1 aromatic carbocycles. The number of Topliss-reactive ketones (excluding diaryl/α,β-unsaturated/α-hetero) is 1. The molecule has 1 aromatic heterocycles. The molecule has 0 unspecified atom stereocenters. The van der Waals surface area contributed by atoms with Crippen molar-refractivity contribution in [2.75, 3.05) is 11.9 Å². The van der Waals surface area contributed by atoms with E-state index in [0.717, 1.165) is 6.42 Å². The topological polar surface area (TPSA) is 88.3 Å². The number of ether oxygens (including phenoxy) is 1. The Bertz CT molecular complexity index is 716. The van der Waals surface area contributed by atoms with Gasteiger partial charge in [-0.25, -0.2) is 4.79 Å². The number of aromatic nitrogens is 1. The zero-order valence-electron chi connectivity index (χ0n) is 13.0. The number of amides is 1. The first-order chi connectivity index (χ1) is 11.0. The number of nitrogens with one attached hydrogen (secondary N) is 2. The number of benzene rings is 1. The predicted octanol–water partition coefficient (Wildman–Crippen LogP) is 2.58. The molecule has 0 aliphatic heterocycles. The van der Waals surface area contributed by atoms with E-state index in [-0.39, 0.29) is 11.5 Å². The lowest BCUT2D eigenvalue weighted by Crippen LogP contribution is -2.21. The second-order valence-electron chi connectivity index (χ2n) is 5.03. The first kappa shape index (κ1) is 16.5. The summed E-state index contributed by atoms with van der Waals surface area (Å²) in [7, 11) is 0. The van der Waals surface area contributed by atoms with Gasteiger partial charge in [-0.3, -0.25) is 9.59 Å². The van der Waals surface area contributed by atoms with Gasteiger partial charge in [-0.1, -0.05) is 19.1 Å². The molecular weight excluding hydrogens is 296 g/mol. The highest BCUT2D eigenvalue weighted by Gasteiger charge is 2.13. The van der Waals surface area contributed by atoms with Crippen molar-refractivity contribution in [1.82, 2.24) is 4.98 Å². The van der Waals surface area contributed by atoms with Gasteiger partial charge in [0.2, 0.25) is 0 Å². The summed E-state index contributed by atoms with van der Waals surface area (Å²) in [4.78, 5) is 37.3. The number of ketones is 1. The monoisotopic (exact) mass is 314 g/mol. The summed E-state index contributed by atoms with van der Waals surface area (Å²) in [6.07, 6.45) is 2.35. The van der Waals surface area contributed by atoms with Gasteiger partial charge < -0.3 is 15.0 Å². The molecule has 0 spiro atoms. The molecule has 0 fully saturated rings. The van der Waals surface area contributed by atoms with Crippen LogP contribution in [0.3, 0.4) is 0 Å². The molecule has 120 valence electrons. The molecule has 2 rings (SSSR count). The maximum absolute atomic E-state index is 11.8. The van der Waals surface area contributed by atoms with E-state index in [9.17, 15) is 14.4 Å². The number of aromatic amines is 1. The lowest BCUT2D eigenvalue weighted by atomic mass is 10.1. The molecular formula is C17H18N2O4. The molecule has 6 nitrogen and oxygen atoms in total. The van der Waals surface area contributed by atoms with Gasteiger partial charge in [0.15, 0.2) is 12.4 Å². The molecule has 0 radical (unpaired) electrons. The van der Waals surface area contributed by atoms with Crippen LogP contribution in [0.25, 0.3) is 0 Å². The van der Waals surface area contributed by atoms with Crippen LogP contribution in [0.4, 0.5) is 5.69 Å².